The number of aromatic nitrogens is 3. The number of hydrogen-bond donors (Lipinski definition) is 1. The summed E-state index contributed by atoms with van der Waals surface area (Å²) in [5.74, 6) is 1.62. The third kappa shape index (κ3) is 6.07. The fourth-order valence-electron chi connectivity index (χ4n) is 2.88. The van der Waals surface area contributed by atoms with Crippen LogP contribution in [0.4, 0.5) is 0 Å². The molecule has 0 aliphatic carbocycles. The van der Waals surface area contributed by atoms with E-state index in [-0.39, 0.29) is 5.91 Å². The summed E-state index contributed by atoms with van der Waals surface area (Å²) < 4.78 is 12.9. The lowest BCUT2D eigenvalue weighted by Crippen LogP contribution is -2.22. The van der Waals surface area contributed by atoms with Crippen LogP contribution in [0.25, 0.3) is 0 Å². The number of nitrogens with zero attached hydrogens (tertiary/aromatic N) is 3. The molecule has 0 aliphatic rings. The van der Waals surface area contributed by atoms with E-state index in [1.54, 1.807) is 36.3 Å². The maximum absolute atomic E-state index is 12.6. The van der Waals surface area contributed by atoms with E-state index in [0.717, 1.165) is 17.5 Å². The van der Waals surface area contributed by atoms with Gasteiger partial charge in [-0.1, -0.05) is 38.1 Å². The monoisotopic (exact) mass is 408 g/mol. The molecule has 0 radical (unpaired) electrons. The molecule has 158 valence electrons. The van der Waals surface area contributed by atoms with E-state index in [9.17, 15) is 4.79 Å². The molecule has 3 rings (SSSR count). The SMILES string of the molecule is COc1cc(C(=O)NCc2ccc(Cn3cncn3)cc2)ccc1OCCC(C)C. The van der Waals surface area contributed by atoms with Crippen molar-refractivity contribution >= 4 is 5.91 Å². The highest BCUT2D eigenvalue weighted by molar-refractivity contribution is 5.94. The minimum atomic E-state index is -0.159. The molecule has 7 heteroatoms. The fraction of sp³-hybridized carbons (Fsp3) is 0.348. The number of benzene rings is 2. The first kappa shape index (κ1) is 21.4. The van der Waals surface area contributed by atoms with Crippen LogP contribution in [0.2, 0.25) is 0 Å². The summed E-state index contributed by atoms with van der Waals surface area (Å²) in [5, 5.41) is 7.05. The standard InChI is InChI=1S/C23H28N4O3/c1-17(2)10-11-30-21-9-8-20(12-22(21)29-3)23(28)25-13-18-4-6-19(7-5-18)14-27-16-24-15-26-27/h4-9,12,15-17H,10-11,13-14H2,1-3H3,(H,25,28). The number of nitrogens with one attached hydrogen (secondary N) is 1. The smallest absolute Gasteiger partial charge is 0.251 e. The van der Waals surface area contributed by atoms with Gasteiger partial charge in [-0.2, -0.15) is 5.10 Å². The Morgan fingerprint density at radius 2 is 1.87 bits per heavy atom. The number of rotatable bonds is 10. The van der Waals surface area contributed by atoms with E-state index in [1.165, 1.54) is 6.33 Å². The molecule has 30 heavy (non-hydrogen) atoms. The third-order valence-electron chi connectivity index (χ3n) is 4.67. The van der Waals surface area contributed by atoms with Crippen molar-refractivity contribution in [2.75, 3.05) is 13.7 Å². The summed E-state index contributed by atoms with van der Waals surface area (Å²) in [6.07, 6.45) is 4.16. The number of amides is 1. The number of carbonyl (C=O) groups excluding carboxylic acids is 1. The van der Waals surface area contributed by atoms with Crippen molar-refractivity contribution in [2.45, 2.75) is 33.4 Å². The second-order valence-corrected chi connectivity index (χ2v) is 7.49. The average molecular weight is 409 g/mol. The molecule has 1 aromatic heterocycles. The van der Waals surface area contributed by atoms with Crippen molar-refractivity contribution in [3.8, 4) is 11.5 Å². The van der Waals surface area contributed by atoms with Gasteiger partial charge < -0.3 is 14.8 Å². The summed E-state index contributed by atoms with van der Waals surface area (Å²) in [6, 6.07) is 13.3. The summed E-state index contributed by atoms with van der Waals surface area (Å²) in [4.78, 5) is 16.5. The Hall–Kier alpha value is -3.35. The first-order valence-electron chi connectivity index (χ1n) is 10.0. The zero-order valence-corrected chi connectivity index (χ0v) is 17.7. The van der Waals surface area contributed by atoms with E-state index < -0.39 is 0 Å². The van der Waals surface area contributed by atoms with Gasteiger partial charge in [0.1, 0.15) is 12.7 Å². The van der Waals surface area contributed by atoms with E-state index in [4.69, 9.17) is 9.47 Å². The average Bonchev–Trinajstić information content (AvgIpc) is 3.26. The summed E-state index contributed by atoms with van der Waals surface area (Å²) in [5.41, 5.74) is 2.67. The van der Waals surface area contributed by atoms with Gasteiger partial charge in [-0.25, -0.2) is 9.67 Å². The molecule has 0 saturated heterocycles. The number of hydrogen-bond acceptors (Lipinski definition) is 5. The molecule has 0 atom stereocenters. The summed E-state index contributed by atoms with van der Waals surface area (Å²) in [6.45, 7) is 6.03. The van der Waals surface area contributed by atoms with Gasteiger partial charge in [0.05, 0.1) is 20.3 Å². The van der Waals surface area contributed by atoms with Gasteiger partial charge in [-0.15, -0.1) is 0 Å². The van der Waals surface area contributed by atoms with Crippen molar-refractivity contribution < 1.29 is 14.3 Å². The van der Waals surface area contributed by atoms with Gasteiger partial charge in [0, 0.05) is 12.1 Å². The summed E-state index contributed by atoms with van der Waals surface area (Å²) >= 11 is 0. The van der Waals surface area contributed by atoms with Crippen LogP contribution in [0.3, 0.4) is 0 Å². The molecule has 0 spiro atoms. The highest BCUT2D eigenvalue weighted by Crippen LogP contribution is 2.28. The van der Waals surface area contributed by atoms with Crippen molar-refractivity contribution in [1.82, 2.24) is 20.1 Å². The number of methoxy groups -OCH3 is 1. The van der Waals surface area contributed by atoms with Crippen LogP contribution in [0.1, 0.15) is 41.8 Å². The van der Waals surface area contributed by atoms with E-state index in [2.05, 4.69) is 29.2 Å². The number of carbonyl (C=O) groups is 1. The van der Waals surface area contributed by atoms with Crippen LogP contribution < -0.4 is 14.8 Å². The van der Waals surface area contributed by atoms with Crippen LogP contribution in [0.5, 0.6) is 11.5 Å². The summed E-state index contributed by atoms with van der Waals surface area (Å²) in [7, 11) is 1.58. The molecule has 2 aromatic carbocycles. The Kier molecular flexibility index (Phi) is 7.43. The Morgan fingerprint density at radius 1 is 1.10 bits per heavy atom. The number of ether oxygens (including phenoxy) is 2. The molecule has 0 bridgehead atoms. The minimum absolute atomic E-state index is 0.159. The van der Waals surface area contributed by atoms with Crippen LogP contribution in [0, 0.1) is 5.92 Å². The van der Waals surface area contributed by atoms with Crippen LogP contribution in [-0.2, 0) is 13.1 Å². The molecule has 0 fully saturated rings. The molecule has 1 N–H and O–H groups in total. The lowest BCUT2D eigenvalue weighted by atomic mass is 10.1. The first-order valence-corrected chi connectivity index (χ1v) is 10.0. The van der Waals surface area contributed by atoms with Crippen molar-refractivity contribution in [1.29, 1.82) is 0 Å². The normalized spacial score (nSPS) is 10.8. The fourth-order valence-corrected chi connectivity index (χ4v) is 2.88. The van der Waals surface area contributed by atoms with E-state index >= 15 is 0 Å². The van der Waals surface area contributed by atoms with E-state index in [0.29, 0.717) is 42.7 Å². The molecule has 3 aromatic rings. The predicted octanol–water partition coefficient (Wildman–Crippen LogP) is 3.69. The third-order valence-corrected chi connectivity index (χ3v) is 4.67. The van der Waals surface area contributed by atoms with Crippen LogP contribution in [0.15, 0.2) is 55.1 Å². The topological polar surface area (TPSA) is 78.3 Å². The zero-order valence-electron chi connectivity index (χ0n) is 17.7. The zero-order chi connectivity index (χ0) is 21.3. The molecule has 0 unspecified atom stereocenters. The minimum Gasteiger partial charge on any atom is -0.493 e. The highest BCUT2D eigenvalue weighted by Gasteiger charge is 2.11. The molecule has 1 amide bonds. The van der Waals surface area contributed by atoms with E-state index in [1.807, 2.05) is 24.3 Å². The van der Waals surface area contributed by atoms with Gasteiger partial charge in [0.2, 0.25) is 0 Å². The Bertz CT molecular complexity index is 938. The van der Waals surface area contributed by atoms with Gasteiger partial charge in [-0.05, 0) is 41.7 Å². The van der Waals surface area contributed by atoms with Crippen molar-refractivity contribution in [3.63, 3.8) is 0 Å². The van der Waals surface area contributed by atoms with Crippen molar-refractivity contribution in [2.24, 2.45) is 5.92 Å². The Labute approximate surface area is 177 Å². The Morgan fingerprint density at radius 3 is 2.53 bits per heavy atom. The van der Waals surface area contributed by atoms with Gasteiger partial charge in [0.15, 0.2) is 11.5 Å². The lowest BCUT2D eigenvalue weighted by molar-refractivity contribution is 0.0950. The maximum Gasteiger partial charge on any atom is 0.251 e. The van der Waals surface area contributed by atoms with Gasteiger partial charge in [-0.3, -0.25) is 4.79 Å². The highest BCUT2D eigenvalue weighted by atomic mass is 16.5. The van der Waals surface area contributed by atoms with Crippen LogP contribution >= 0.6 is 0 Å². The molecule has 1 heterocycles. The largest absolute Gasteiger partial charge is 0.493 e. The predicted molar refractivity (Wildman–Crippen MR) is 115 cm³/mol. The molecular weight excluding hydrogens is 380 g/mol. The second-order valence-electron chi connectivity index (χ2n) is 7.49. The quantitative estimate of drug-likeness (QED) is 0.554. The molecular formula is C23H28N4O3. The van der Waals surface area contributed by atoms with Gasteiger partial charge >= 0.3 is 0 Å². The molecule has 0 saturated carbocycles. The maximum atomic E-state index is 12.6. The first-order chi connectivity index (χ1) is 14.5. The van der Waals surface area contributed by atoms with Crippen LogP contribution in [-0.4, -0.2) is 34.4 Å². The molecule has 0 aliphatic heterocycles. The second kappa shape index (κ2) is 10.4. The van der Waals surface area contributed by atoms with Gasteiger partial charge in [0.25, 0.3) is 5.91 Å². The van der Waals surface area contributed by atoms with Crippen molar-refractivity contribution in [3.05, 3.63) is 71.8 Å². The molecule has 7 nitrogen and oxygen atoms in total. The lowest BCUT2D eigenvalue weighted by Gasteiger charge is -2.13. The Balaban J connectivity index is 1.55.